The molecule has 7 nitrogen and oxygen atoms in total. The lowest BCUT2D eigenvalue weighted by Gasteiger charge is -2.21. The first-order chi connectivity index (χ1) is 19.6. The first-order valence-electron chi connectivity index (χ1n) is 13.7. The van der Waals surface area contributed by atoms with Gasteiger partial charge in [-0.2, -0.15) is 0 Å². The third kappa shape index (κ3) is 9.05. The molecule has 0 radical (unpaired) electrons. The van der Waals surface area contributed by atoms with Gasteiger partial charge in [0.2, 0.25) is 0 Å². The fraction of sp³-hybridized carbons (Fsp3) is 0.344. The standard InChI is InChI=1S/C32H37Cl2N3O4/c1-5-37(6-2)17-18-41-32(40)27(36-31(39)28-21(3)9-7-10-22(28)4)19-23-13-15-24(16-14-23)20-35-30(38)29-25(33)11-8-12-26(29)34/h7-16,27H,5-6,17-20H2,1-4H3,(H,35,38)(H,36,39)/t27-/m0/s1. The van der Waals surface area contributed by atoms with Crippen LogP contribution in [0.15, 0.2) is 60.7 Å². The van der Waals surface area contributed by atoms with Crippen LogP contribution in [-0.2, 0) is 22.5 Å². The van der Waals surface area contributed by atoms with Crippen LogP contribution in [0.3, 0.4) is 0 Å². The molecule has 2 N–H and O–H groups in total. The third-order valence-corrected chi connectivity index (χ3v) is 7.58. The first kappa shape index (κ1) is 32.1. The van der Waals surface area contributed by atoms with E-state index in [1.165, 1.54) is 0 Å². The zero-order valence-electron chi connectivity index (χ0n) is 23.9. The molecule has 9 heteroatoms. The van der Waals surface area contributed by atoms with Crippen molar-refractivity contribution in [2.75, 3.05) is 26.2 Å². The fourth-order valence-corrected chi connectivity index (χ4v) is 5.10. The van der Waals surface area contributed by atoms with Crippen molar-refractivity contribution in [1.29, 1.82) is 0 Å². The van der Waals surface area contributed by atoms with Gasteiger partial charge in [0.15, 0.2) is 0 Å². The lowest BCUT2D eigenvalue weighted by Crippen LogP contribution is -2.44. The summed E-state index contributed by atoms with van der Waals surface area (Å²) in [6.07, 6.45) is 0.253. The maximum Gasteiger partial charge on any atom is 0.329 e. The molecule has 0 bridgehead atoms. The van der Waals surface area contributed by atoms with Crippen LogP contribution in [0.4, 0.5) is 0 Å². The van der Waals surface area contributed by atoms with Crippen molar-refractivity contribution in [3.8, 4) is 0 Å². The Balaban J connectivity index is 1.70. The smallest absolute Gasteiger partial charge is 0.329 e. The number of carbonyl (C=O) groups is 3. The van der Waals surface area contributed by atoms with E-state index in [4.69, 9.17) is 27.9 Å². The maximum absolute atomic E-state index is 13.2. The Hall–Kier alpha value is -3.39. The molecule has 0 aliphatic carbocycles. The summed E-state index contributed by atoms with van der Waals surface area (Å²) in [4.78, 5) is 41.2. The van der Waals surface area contributed by atoms with Gasteiger partial charge in [-0.05, 0) is 61.3 Å². The molecule has 0 unspecified atom stereocenters. The number of hydrogen-bond donors (Lipinski definition) is 2. The Labute approximate surface area is 252 Å². The zero-order valence-corrected chi connectivity index (χ0v) is 25.4. The van der Waals surface area contributed by atoms with E-state index in [-0.39, 0.29) is 47.0 Å². The quantitative estimate of drug-likeness (QED) is 0.244. The van der Waals surface area contributed by atoms with Gasteiger partial charge in [-0.3, -0.25) is 9.59 Å². The number of carbonyl (C=O) groups excluding carboxylic acids is 3. The predicted molar refractivity (Wildman–Crippen MR) is 164 cm³/mol. The SMILES string of the molecule is CCN(CC)CCOC(=O)[C@H](Cc1ccc(CNC(=O)c2c(Cl)cccc2Cl)cc1)NC(=O)c1c(C)cccc1C. The van der Waals surface area contributed by atoms with Crippen molar-refractivity contribution >= 4 is 41.0 Å². The molecule has 0 aliphatic rings. The number of ether oxygens (including phenoxy) is 1. The topological polar surface area (TPSA) is 87.7 Å². The van der Waals surface area contributed by atoms with Crippen LogP contribution >= 0.6 is 23.2 Å². The van der Waals surface area contributed by atoms with Gasteiger partial charge in [0, 0.05) is 25.1 Å². The third-order valence-electron chi connectivity index (χ3n) is 6.95. The molecular weight excluding hydrogens is 561 g/mol. The van der Waals surface area contributed by atoms with Crippen molar-refractivity contribution < 1.29 is 19.1 Å². The van der Waals surface area contributed by atoms with Crippen LogP contribution in [0.2, 0.25) is 10.0 Å². The predicted octanol–water partition coefficient (Wildman–Crippen LogP) is 5.77. The highest BCUT2D eigenvalue weighted by Gasteiger charge is 2.25. The molecule has 41 heavy (non-hydrogen) atoms. The number of aryl methyl sites for hydroxylation is 2. The Morgan fingerprint density at radius 1 is 0.805 bits per heavy atom. The second kappa shape index (κ2) is 15.6. The minimum Gasteiger partial charge on any atom is -0.463 e. The van der Waals surface area contributed by atoms with Crippen LogP contribution in [-0.4, -0.2) is 55.0 Å². The zero-order chi connectivity index (χ0) is 29.9. The lowest BCUT2D eigenvalue weighted by atomic mass is 10.0. The summed E-state index contributed by atoms with van der Waals surface area (Å²) in [6.45, 7) is 10.7. The summed E-state index contributed by atoms with van der Waals surface area (Å²) >= 11 is 12.3. The number of benzene rings is 3. The molecule has 218 valence electrons. The minimum absolute atomic E-state index is 0.231. The monoisotopic (exact) mass is 597 g/mol. The average Bonchev–Trinajstić information content (AvgIpc) is 2.94. The van der Waals surface area contributed by atoms with Crippen molar-refractivity contribution in [2.45, 2.75) is 46.7 Å². The van der Waals surface area contributed by atoms with E-state index in [9.17, 15) is 14.4 Å². The summed E-state index contributed by atoms with van der Waals surface area (Å²) in [5.41, 5.74) is 4.14. The number of rotatable bonds is 13. The van der Waals surface area contributed by atoms with Gasteiger partial charge in [0.1, 0.15) is 12.6 Å². The molecule has 0 saturated carbocycles. The number of likely N-dealkylation sites (N-methyl/N-ethyl adjacent to an activating group) is 1. The average molecular weight is 599 g/mol. The normalized spacial score (nSPS) is 11.7. The molecule has 1 atom stereocenters. The number of amides is 2. The number of esters is 1. The summed E-state index contributed by atoms with van der Waals surface area (Å²) in [7, 11) is 0. The Morgan fingerprint density at radius 3 is 1.95 bits per heavy atom. The van der Waals surface area contributed by atoms with Crippen molar-refractivity contribution in [1.82, 2.24) is 15.5 Å². The van der Waals surface area contributed by atoms with Crippen LogP contribution in [0.1, 0.15) is 56.8 Å². The lowest BCUT2D eigenvalue weighted by molar-refractivity contribution is -0.146. The molecule has 3 aromatic carbocycles. The van der Waals surface area contributed by atoms with E-state index in [2.05, 4.69) is 29.4 Å². The maximum atomic E-state index is 13.2. The second-order valence-corrected chi connectivity index (χ2v) is 10.6. The summed E-state index contributed by atoms with van der Waals surface area (Å²) in [5, 5.41) is 6.29. The summed E-state index contributed by atoms with van der Waals surface area (Å²) in [5.74, 6) is -1.17. The molecule has 0 heterocycles. The van der Waals surface area contributed by atoms with E-state index in [0.717, 1.165) is 35.3 Å². The van der Waals surface area contributed by atoms with Gasteiger partial charge in [0.05, 0.1) is 15.6 Å². The highest BCUT2D eigenvalue weighted by molar-refractivity contribution is 6.39. The van der Waals surface area contributed by atoms with Gasteiger partial charge in [0.25, 0.3) is 11.8 Å². The second-order valence-electron chi connectivity index (χ2n) is 9.79. The molecule has 3 rings (SSSR count). The van der Waals surface area contributed by atoms with Gasteiger partial charge < -0.3 is 20.3 Å². The van der Waals surface area contributed by atoms with E-state index >= 15 is 0 Å². The Morgan fingerprint density at radius 2 is 1.37 bits per heavy atom. The van der Waals surface area contributed by atoms with Crippen LogP contribution in [0.5, 0.6) is 0 Å². The summed E-state index contributed by atoms with van der Waals surface area (Å²) in [6, 6.07) is 17.1. The van der Waals surface area contributed by atoms with Gasteiger partial charge >= 0.3 is 5.97 Å². The molecule has 3 aromatic rings. The Kier molecular flexibility index (Phi) is 12.2. The summed E-state index contributed by atoms with van der Waals surface area (Å²) < 4.78 is 5.59. The van der Waals surface area contributed by atoms with E-state index in [0.29, 0.717) is 12.1 Å². The molecule has 0 aromatic heterocycles. The number of hydrogen-bond acceptors (Lipinski definition) is 5. The van der Waals surface area contributed by atoms with Crippen molar-refractivity contribution in [2.24, 2.45) is 0 Å². The Bertz CT molecular complexity index is 1320. The molecule has 2 amide bonds. The van der Waals surface area contributed by atoms with Gasteiger partial charge in [-0.15, -0.1) is 0 Å². The molecule has 0 saturated heterocycles. The number of nitrogens with zero attached hydrogens (tertiary/aromatic N) is 1. The number of halogens is 2. The largest absolute Gasteiger partial charge is 0.463 e. The van der Waals surface area contributed by atoms with Gasteiger partial charge in [-0.25, -0.2) is 4.79 Å². The van der Waals surface area contributed by atoms with Crippen LogP contribution in [0, 0.1) is 13.8 Å². The number of nitrogens with one attached hydrogen (secondary N) is 2. The first-order valence-corrected chi connectivity index (χ1v) is 14.5. The van der Waals surface area contributed by atoms with E-state index in [1.54, 1.807) is 18.2 Å². The molecular formula is C32H37Cl2N3O4. The van der Waals surface area contributed by atoms with Crippen molar-refractivity contribution in [3.05, 3.63) is 104 Å². The van der Waals surface area contributed by atoms with Crippen LogP contribution < -0.4 is 10.6 Å². The van der Waals surface area contributed by atoms with Crippen LogP contribution in [0.25, 0.3) is 0 Å². The molecule has 0 fully saturated rings. The minimum atomic E-state index is -0.869. The molecule has 0 aliphatic heterocycles. The van der Waals surface area contributed by atoms with E-state index < -0.39 is 12.0 Å². The van der Waals surface area contributed by atoms with Gasteiger partial charge in [-0.1, -0.05) is 85.6 Å². The highest BCUT2D eigenvalue weighted by Crippen LogP contribution is 2.24. The fourth-order valence-electron chi connectivity index (χ4n) is 4.53. The van der Waals surface area contributed by atoms with Crippen molar-refractivity contribution in [3.63, 3.8) is 0 Å². The molecule has 0 spiro atoms. The highest BCUT2D eigenvalue weighted by atomic mass is 35.5. The van der Waals surface area contributed by atoms with E-state index in [1.807, 2.05) is 56.3 Å².